The number of nitrogens with two attached hydrogens (primary N) is 1. The van der Waals surface area contributed by atoms with E-state index >= 15 is 0 Å². The normalized spacial score (nSPS) is 14.1. The third kappa shape index (κ3) is 1.91. The average Bonchev–Trinajstić information content (AvgIpc) is 2.85. The van der Waals surface area contributed by atoms with Gasteiger partial charge in [0.15, 0.2) is 0 Å². The number of carbonyl (C=O) groups excluding carboxylic acids is 1. The molecule has 0 bridgehead atoms. The highest BCUT2D eigenvalue weighted by molar-refractivity contribution is 8.00. The van der Waals surface area contributed by atoms with Crippen molar-refractivity contribution in [3.63, 3.8) is 0 Å². The van der Waals surface area contributed by atoms with Crippen molar-refractivity contribution in [2.45, 2.75) is 24.3 Å². The molecule has 1 amide bonds. The highest BCUT2D eigenvalue weighted by Crippen LogP contribution is 2.39. The summed E-state index contributed by atoms with van der Waals surface area (Å²) in [6.07, 6.45) is 5.03. The van der Waals surface area contributed by atoms with Gasteiger partial charge in [-0.05, 0) is 24.8 Å². The third-order valence-corrected chi connectivity index (χ3v) is 5.03. The Balaban J connectivity index is 2.08. The Morgan fingerprint density at radius 1 is 1.47 bits per heavy atom. The van der Waals surface area contributed by atoms with Gasteiger partial charge in [0.2, 0.25) is 5.91 Å². The Hall–Kier alpha value is -1.14. The van der Waals surface area contributed by atoms with Gasteiger partial charge in [-0.2, -0.15) is 0 Å². The van der Waals surface area contributed by atoms with Gasteiger partial charge in [0.25, 0.3) is 0 Å². The number of aromatic nitrogens is 2. The molecule has 0 atom stereocenters. The van der Waals surface area contributed by atoms with Gasteiger partial charge in [-0.15, -0.1) is 11.3 Å². The van der Waals surface area contributed by atoms with E-state index in [1.807, 2.05) is 0 Å². The molecule has 6 heteroatoms. The number of hydrogen-bond donors (Lipinski definition) is 1. The first-order valence-electron chi connectivity index (χ1n) is 5.42. The van der Waals surface area contributed by atoms with Crippen LogP contribution in [0.5, 0.6) is 0 Å². The van der Waals surface area contributed by atoms with E-state index in [1.165, 1.54) is 28.6 Å². The maximum atomic E-state index is 10.8. The summed E-state index contributed by atoms with van der Waals surface area (Å²) in [4.78, 5) is 21.9. The van der Waals surface area contributed by atoms with E-state index in [0.29, 0.717) is 0 Å². The van der Waals surface area contributed by atoms with Crippen LogP contribution in [0.15, 0.2) is 11.4 Å². The summed E-state index contributed by atoms with van der Waals surface area (Å²) in [5.74, 6) is -0.0369. The van der Waals surface area contributed by atoms with Gasteiger partial charge in [0, 0.05) is 10.3 Å². The second kappa shape index (κ2) is 4.27. The first-order chi connectivity index (χ1) is 8.25. The number of thioether (sulfide) groups is 1. The van der Waals surface area contributed by atoms with E-state index in [0.717, 1.165) is 28.1 Å². The molecule has 0 saturated heterocycles. The van der Waals surface area contributed by atoms with Crippen molar-refractivity contribution in [3.8, 4) is 0 Å². The Bertz CT molecular complexity index is 594. The van der Waals surface area contributed by atoms with Crippen LogP contribution in [0.4, 0.5) is 0 Å². The molecule has 4 nitrogen and oxygen atoms in total. The summed E-state index contributed by atoms with van der Waals surface area (Å²) in [7, 11) is 0. The number of thiophene rings is 1. The first kappa shape index (κ1) is 11.0. The fourth-order valence-electron chi connectivity index (χ4n) is 2.15. The minimum atomic E-state index is -0.311. The molecule has 88 valence electrons. The fraction of sp³-hybridized carbons (Fsp3) is 0.364. The molecule has 1 aliphatic carbocycles. The largest absolute Gasteiger partial charge is 0.369 e. The highest BCUT2D eigenvalue weighted by atomic mass is 32.2. The van der Waals surface area contributed by atoms with Gasteiger partial charge < -0.3 is 5.73 Å². The molecular formula is C11H11N3OS2. The van der Waals surface area contributed by atoms with Crippen molar-refractivity contribution in [2.75, 3.05) is 5.75 Å². The molecule has 2 N–H and O–H groups in total. The van der Waals surface area contributed by atoms with Crippen molar-refractivity contribution < 1.29 is 4.79 Å². The average molecular weight is 265 g/mol. The lowest BCUT2D eigenvalue weighted by molar-refractivity contribution is -0.115. The van der Waals surface area contributed by atoms with Crippen LogP contribution < -0.4 is 5.73 Å². The van der Waals surface area contributed by atoms with Gasteiger partial charge in [-0.1, -0.05) is 11.8 Å². The summed E-state index contributed by atoms with van der Waals surface area (Å²) in [5.41, 5.74) is 6.56. The van der Waals surface area contributed by atoms with Crippen LogP contribution in [0.2, 0.25) is 0 Å². The van der Waals surface area contributed by atoms with Crippen LogP contribution in [0, 0.1) is 0 Å². The van der Waals surface area contributed by atoms with E-state index in [1.54, 1.807) is 17.7 Å². The SMILES string of the molecule is NC(=O)CSc1ncnc2sc3c(c12)CCC3. The minimum absolute atomic E-state index is 0.275. The van der Waals surface area contributed by atoms with E-state index in [-0.39, 0.29) is 11.7 Å². The van der Waals surface area contributed by atoms with E-state index in [2.05, 4.69) is 9.97 Å². The number of nitrogens with zero attached hydrogens (tertiary/aromatic N) is 2. The monoisotopic (exact) mass is 265 g/mol. The molecule has 1 aliphatic rings. The Morgan fingerprint density at radius 3 is 3.18 bits per heavy atom. The highest BCUT2D eigenvalue weighted by Gasteiger charge is 2.21. The molecule has 0 radical (unpaired) electrons. The number of primary amides is 1. The molecule has 2 heterocycles. The number of carbonyl (C=O) groups is 1. The van der Waals surface area contributed by atoms with Crippen LogP contribution >= 0.6 is 23.1 Å². The molecule has 0 aliphatic heterocycles. The molecule has 2 aromatic rings. The number of fused-ring (bicyclic) bond motifs is 3. The van der Waals surface area contributed by atoms with Crippen LogP contribution in [-0.2, 0) is 17.6 Å². The first-order valence-corrected chi connectivity index (χ1v) is 7.22. The molecule has 3 rings (SSSR count). The van der Waals surface area contributed by atoms with E-state index < -0.39 is 0 Å². The summed E-state index contributed by atoms with van der Waals surface area (Å²) in [5, 5.41) is 2.05. The van der Waals surface area contributed by atoms with Crippen LogP contribution in [-0.4, -0.2) is 21.6 Å². The number of hydrogen-bond acceptors (Lipinski definition) is 5. The zero-order valence-electron chi connectivity index (χ0n) is 9.10. The maximum Gasteiger partial charge on any atom is 0.227 e. The van der Waals surface area contributed by atoms with Crippen molar-refractivity contribution in [1.82, 2.24) is 9.97 Å². The van der Waals surface area contributed by atoms with Crippen LogP contribution in [0.3, 0.4) is 0 Å². The molecule has 0 unspecified atom stereocenters. The smallest absolute Gasteiger partial charge is 0.227 e. The van der Waals surface area contributed by atoms with Crippen molar-refractivity contribution in [1.29, 1.82) is 0 Å². The second-order valence-corrected chi connectivity index (χ2v) is 6.02. The van der Waals surface area contributed by atoms with E-state index in [4.69, 9.17) is 5.73 Å². The fourth-order valence-corrected chi connectivity index (χ4v) is 4.21. The summed E-state index contributed by atoms with van der Waals surface area (Å²) < 4.78 is 0. The lowest BCUT2D eigenvalue weighted by Gasteiger charge is -2.01. The predicted molar refractivity (Wildman–Crippen MR) is 69.4 cm³/mol. The Morgan fingerprint density at radius 2 is 2.35 bits per heavy atom. The summed E-state index contributed by atoms with van der Waals surface area (Å²) in [6.45, 7) is 0. The molecule has 0 fully saturated rings. The molecular weight excluding hydrogens is 254 g/mol. The molecule has 2 aromatic heterocycles. The van der Waals surface area contributed by atoms with Crippen LogP contribution in [0.1, 0.15) is 16.9 Å². The van der Waals surface area contributed by atoms with Gasteiger partial charge in [0.05, 0.1) is 5.75 Å². The summed E-state index contributed by atoms with van der Waals surface area (Å²) >= 11 is 3.16. The molecule has 0 aromatic carbocycles. The topological polar surface area (TPSA) is 68.9 Å². The summed E-state index contributed by atoms with van der Waals surface area (Å²) in [6, 6.07) is 0. The van der Waals surface area contributed by atoms with Crippen molar-refractivity contribution in [2.24, 2.45) is 5.73 Å². The van der Waals surface area contributed by atoms with Gasteiger partial charge in [0.1, 0.15) is 16.2 Å². The minimum Gasteiger partial charge on any atom is -0.369 e. The van der Waals surface area contributed by atoms with E-state index in [9.17, 15) is 4.79 Å². The van der Waals surface area contributed by atoms with Crippen molar-refractivity contribution in [3.05, 3.63) is 16.8 Å². The zero-order valence-corrected chi connectivity index (χ0v) is 10.7. The standard InChI is InChI=1S/C11H11N3OS2/c12-8(15)4-16-10-9-6-2-1-3-7(6)17-11(9)14-5-13-10/h5H,1-4H2,(H2,12,15). The quantitative estimate of drug-likeness (QED) is 0.678. The van der Waals surface area contributed by atoms with Crippen molar-refractivity contribution >= 4 is 39.2 Å². The number of amides is 1. The number of aryl methyl sites for hydroxylation is 2. The number of rotatable bonds is 3. The molecule has 17 heavy (non-hydrogen) atoms. The lowest BCUT2D eigenvalue weighted by Crippen LogP contribution is -2.13. The van der Waals surface area contributed by atoms with Gasteiger partial charge in [-0.25, -0.2) is 9.97 Å². The molecule has 0 saturated carbocycles. The maximum absolute atomic E-state index is 10.8. The van der Waals surface area contributed by atoms with Gasteiger partial charge >= 0.3 is 0 Å². The Labute approximate surface area is 107 Å². The predicted octanol–water partition coefficient (Wildman–Crippen LogP) is 1.76. The van der Waals surface area contributed by atoms with Gasteiger partial charge in [-0.3, -0.25) is 4.79 Å². The Kier molecular flexibility index (Phi) is 2.76. The molecule has 0 spiro atoms. The third-order valence-electron chi connectivity index (χ3n) is 2.82. The zero-order chi connectivity index (χ0) is 11.8. The second-order valence-electron chi connectivity index (χ2n) is 3.97. The van der Waals surface area contributed by atoms with Crippen LogP contribution in [0.25, 0.3) is 10.2 Å². The lowest BCUT2D eigenvalue weighted by atomic mass is 10.2.